The summed E-state index contributed by atoms with van der Waals surface area (Å²) < 4.78 is 0. The van der Waals surface area contributed by atoms with E-state index in [0.29, 0.717) is 5.92 Å². The van der Waals surface area contributed by atoms with E-state index in [4.69, 9.17) is 0 Å². The summed E-state index contributed by atoms with van der Waals surface area (Å²) >= 11 is 0. The van der Waals surface area contributed by atoms with E-state index in [0.717, 1.165) is 0 Å². The number of allylic oxidation sites excluding steroid dienone is 2. The number of rotatable bonds is 2. The van der Waals surface area contributed by atoms with Crippen LogP contribution in [0.2, 0.25) is 0 Å². The highest BCUT2D eigenvalue weighted by Crippen LogP contribution is 2.54. The fourth-order valence-electron chi connectivity index (χ4n) is 3.35. The number of hydrogen-bond acceptors (Lipinski definition) is 0. The molecule has 3 rings (SSSR count). The number of hydrogen-bond donors (Lipinski definition) is 0. The Hall–Kier alpha value is -1.82. The fraction of sp³-hybridized carbons (Fsp3) is 0.300. The maximum atomic E-state index is 2.38. The predicted octanol–water partition coefficient (Wildman–Crippen LogP) is 5.66. The van der Waals surface area contributed by atoms with E-state index in [2.05, 4.69) is 81.4 Å². The van der Waals surface area contributed by atoms with Gasteiger partial charge in [0.2, 0.25) is 0 Å². The molecule has 0 nitrogen and oxygen atoms in total. The third-order valence-corrected chi connectivity index (χ3v) is 4.87. The van der Waals surface area contributed by atoms with Crippen molar-refractivity contribution in [2.45, 2.75) is 27.2 Å². The van der Waals surface area contributed by atoms with Gasteiger partial charge in [-0.05, 0) is 40.0 Å². The summed E-state index contributed by atoms with van der Waals surface area (Å²) in [5, 5.41) is 0. The van der Waals surface area contributed by atoms with Gasteiger partial charge in [0.15, 0.2) is 0 Å². The summed E-state index contributed by atoms with van der Waals surface area (Å²) in [5.41, 5.74) is 6.03. The Bertz CT molecular complexity index is 618. The molecule has 0 saturated heterocycles. The monoisotopic (exact) mass is 262 g/mol. The largest absolute Gasteiger partial charge is 0.0622 e. The van der Waals surface area contributed by atoms with Crippen molar-refractivity contribution in [3.05, 3.63) is 71.8 Å². The molecule has 102 valence electrons. The first-order valence-corrected chi connectivity index (χ1v) is 7.45. The molecule has 0 N–H and O–H groups in total. The normalized spacial score (nSPS) is 21.2. The van der Waals surface area contributed by atoms with Crippen LogP contribution in [0.5, 0.6) is 0 Å². The lowest BCUT2D eigenvalue weighted by atomic mass is 9.76. The minimum Gasteiger partial charge on any atom is -0.0622 e. The molecule has 1 aliphatic carbocycles. The van der Waals surface area contributed by atoms with E-state index < -0.39 is 0 Å². The number of benzene rings is 2. The third-order valence-electron chi connectivity index (χ3n) is 4.87. The van der Waals surface area contributed by atoms with Crippen LogP contribution < -0.4 is 0 Å². The molecular formula is C20H22. The maximum Gasteiger partial charge on any atom is -0.00659 e. The highest BCUT2D eigenvalue weighted by Gasteiger charge is 2.39. The second-order valence-electron chi connectivity index (χ2n) is 6.41. The summed E-state index contributed by atoms with van der Waals surface area (Å²) in [6, 6.07) is 21.7. The van der Waals surface area contributed by atoms with Crippen LogP contribution in [0.3, 0.4) is 0 Å². The van der Waals surface area contributed by atoms with Crippen molar-refractivity contribution in [2.75, 3.05) is 0 Å². The third kappa shape index (κ3) is 2.10. The molecule has 20 heavy (non-hydrogen) atoms. The summed E-state index contributed by atoms with van der Waals surface area (Å²) in [4.78, 5) is 0. The molecule has 0 radical (unpaired) electrons. The second-order valence-corrected chi connectivity index (χ2v) is 6.41. The SMILES string of the molecule is CC1CC(c2ccccc2)=C(c2ccccc2)C1(C)C. The summed E-state index contributed by atoms with van der Waals surface area (Å²) in [6.07, 6.45) is 1.17. The van der Waals surface area contributed by atoms with Gasteiger partial charge in [0.25, 0.3) is 0 Å². The molecular weight excluding hydrogens is 240 g/mol. The van der Waals surface area contributed by atoms with Crippen LogP contribution >= 0.6 is 0 Å². The van der Waals surface area contributed by atoms with Gasteiger partial charge in [0.1, 0.15) is 0 Å². The molecule has 0 heteroatoms. The first kappa shape index (κ1) is 13.2. The van der Waals surface area contributed by atoms with Crippen molar-refractivity contribution in [3.8, 4) is 0 Å². The van der Waals surface area contributed by atoms with Crippen LogP contribution in [0.4, 0.5) is 0 Å². The van der Waals surface area contributed by atoms with Crippen molar-refractivity contribution in [1.29, 1.82) is 0 Å². The molecule has 0 aromatic heterocycles. The topological polar surface area (TPSA) is 0 Å². The highest BCUT2D eigenvalue weighted by molar-refractivity contribution is 5.95. The lowest BCUT2D eigenvalue weighted by Gasteiger charge is -2.28. The standard InChI is InChI=1S/C20H22/c1-15-14-18(16-10-6-4-7-11-16)19(20(15,2)3)17-12-8-5-9-13-17/h4-13,15H,14H2,1-3H3. The van der Waals surface area contributed by atoms with Gasteiger partial charge in [0, 0.05) is 0 Å². The van der Waals surface area contributed by atoms with Crippen molar-refractivity contribution < 1.29 is 0 Å². The Kier molecular flexibility index (Phi) is 3.25. The van der Waals surface area contributed by atoms with Gasteiger partial charge in [-0.15, -0.1) is 0 Å². The Balaban J connectivity index is 2.21. The van der Waals surface area contributed by atoms with Gasteiger partial charge in [0.05, 0.1) is 0 Å². The minimum absolute atomic E-state index is 0.229. The zero-order valence-electron chi connectivity index (χ0n) is 12.6. The molecule has 1 atom stereocenters. The lowest BCUT2D eigenvalue weighted by molar-refractivity contribution is 0.349. The van der Waals surface area contributed by atoms with Gasteiger partial charge in [-0.3, -0.25) is 0 Å². The molecule has 2 aromatic rings. The zero-order valence-corrected chi connectivity index (χ0v) is 12.6. The van der Waals surface area contributed by atoms with Crippen LogP contribution in [0.25, 0.3) is 11.1 Å². The van der Waals surface area contributed by atoms with Crippen molar-refractivity contribution in [1.82, 2.24) is 0 Å². The fourth-order valence-corrected chi connectivity index (χ4v) is 3.35. The molecule has 0 saturated carbocycles. The van der Waals surface area contributed by atoms with E-state index in [-0.39, 0.29) is 5.41 Å². The zero-order chi connectivity index (χ0) is 14.2. The molecule has 0 spiro atoms. The average Bonchev–Trinajstić information content (AvgIpc) is 2.71. The van der Waals surface area contributed by atoms with E-state index in [1.807, 2.05) is 0 Å². The van der Waals surface area contributed by atoms with Gasteiger partial charge >= 0.3 is 0 Å². The Morgan fingerprint density at radius 3 is 1.85 bits per heavy atom. The predicted molar refractivity (Wildman–Crippen MR) is 87.3 cm³/mol. The molecule has 1 unspecified atom stereocenters. The molecule has 0 amide bonds. The summed E-state index contributed by atoms with van der Waals surface area (Å²) in [6.45, 7) is 7.14. The molecule has 0 bridgehead atoms. The second kappa shape index (κ2) is 4.94. The van der Waals surface area contributed by atoms with Crippen molar-refractivity contribution in [3.63, 3.8) is 0 Å². The summed E-state index contributed by atoms with van der Waals surface area (Å²) in [5.74, 6) is 0.674. The van der Waals surface area contributed by atoms with Crippen LogP contribution in [-0.2, 0) is 0 Å². The van der Waals surface area contributed by atoms with Crippen LogP contribution in [-0.4, -0.2) is 0 Å². The highest BCUT2D eigenvalue weighted by atomic mass is 14.4. The minimum atomic E-state index is 0.229. The summed E-state index contributed by atoms with van der Waals surface area (Å²) in [7, 11) is 0. The van der Waals surface area contributed by atoms with Crippen LogP contribution in [0.1, 0.15) is 38.3 Å². The van der Waals surface area contributed by atoms with Crippen molar-refractivity contribution >= 4 is 11.1 Å². The first-order valence-electron chi connectivity index (χ1n) is 7.45. The first-order chi connectivity index (χ1) is 9.60. The van der Waals surface area contributed by atoms with Crippen LogP contribution in [0.15, 0.2) is 60.7 Å². The van der Waals surface area contributed by atoms with Crippen LogP contribution in [0, 0.1) is 11.3 Å². The lowest BCUT2D eigenvalue weighted by Crippen LogP contribution is -2.17. The smallest absolute Gasteiger partial charge is 0.00659 e. The Labute approximate surface area is 122 Å². The molecule has 0 fully saturated rings. The van der Waals surface area contributed by atoms with Crippen molar-refractivity contribution in [2.24, 2.45) is 11.3 Å². The molecule has 0 aliphatic heterocycles. The van der Waals surface area contributed by atoms with E-state index >= 15 is 0 Å². The molecule has 2 aromatic carbocycles. The van der Waals surface area contributed by atoms with Gasteiger partial charge in [-0.1, -0.05) is 81.4 Å². The van der Waals surface area contributed by atoms with Gasteiger partial charge < -0.3 is 0 Å². The maximum absolute atomic E-state index is 2.38. The van der Waals surface area contributed by atoms with Gasteiger partial charge in [-0.2, -0.15) is 0 Å². The quantitative estimate of drug-likeness (QED) is 0.654. The van der Waals surface area contributed by atoms with E-state index in [1.165, 1.54) is 28.7 Å². The van der Waals surface area contributed by atoms with Gasteiger partial charge in [-0.25, -0.2) is 0 Å². The Morgan fingerprint density at radius 2 is 1.30 bits per heavy atom. The molecule has 0 heterocycles. The Morgan fingerprint density at radius 1 is 0.800 bits per heavy atom. The van der Waals surface area contributed by atoms with E-state index in [1.54, 1.807) is 0 Å². The molecule has 1 aliphatic rings. The average molecular weight is 262 g/mol. The van der Waals surface area contributed by atoms with E-state index in [9.17, 15) is 0 Å².